The van der Waals surface area contributed by atoms with Gasteiger partial charge in [-0.05, 0) is 12.8 Å². The summed E-state index contributed by atoms with van der Waals surface area (Å²) in [7, 11) is 0. The minimum absolute atomic E-state index is 0.0381. The Labute approximate surface area is 72.6 Å². The minimum atomic E-state index is -1.09. The third-order valence-electron chi connectivity index (χ3n) is 1.29. The summed E-state index contributed by atoms with van der Waals surface area (Å²) in [6.45, 7) is 7.12. The van der Waals surface area contributed by atoms with E-state index in [0.717, 1.165) is 0 Å². The van der Waals surface area contributed by atoms with E-state index < -0.39 is 5.97 Å². The molecule has 0 atom stereocenters. The van der Waals surface area contributed by atoms with E-state index in [1.165, 1.54) is 0 Å². The Morgan fingerprint density at radius 3 is 2.25 bits per heavy atom. The summed E-state index contributed by atoms with van der Waals surface area (Å²) in [6, 6.07) is 0. The van der Waals surface area contributed by atoms with Gasteiger partial charge in [0, 0.05) is 11.8 Å². The van der Waals surface area contributed by atoms with Crippen molar-refractivity contribution in [3.8, 4) is 11.8 Å². The largest absolute Gasteiger partial charge is 0.472 e. The third-order valence-corrected chi connectivity index (χ3v) is 1.29. The van der Waals surface area contributed by atoms with Gasteiger partial charge < -0.3 is 5.11 Å². The molecule has 0 aliphatic rings. The van der Waals surface area contributed by atoms with Gasteiger partial charge in [0.15, 0.2) is 0 Å². The van der Waals surface area contributed by atoms with E-state index >= 15 is 0 Å². The van der Waals surface area contributed by atoms with Gasteiger partial charge >= 0.3 is 5.97 Å². The molecule has 2 heteroatoms. The molecule has 0 heterocycles. The zero-order valence-electron chi connectivity index (χ0n) is 6.92. The zero-order chi connectivity index (χ0) is 9.40. The molecule has 0 spiro atoms. The first kappa shape index (κ1) is 10.5. The Hall–Kier alpha value is -1.49. The van der Waals surface area contributed by atoms with Crippen LogP contribution in [-0.2, 0) is 4.79 Å². The highest BCUT2D eigenvalue weighted by Gasteiger charge is 1.99. The summed E-state index contributed by atoms with van der Waals surface area (Å²) >= 11 is 0. The van der Waals surface area contributed by atoms with Crippen LogP contribution < -0.4 is 0 Å². The molecule has 1 N–H and O–H groups in total. The lowest BCUT2D eigenvalue weighted by Crippen LogP contribution is -1.95. The van der Waals surface area contributed by atoms with Crippen LogP contribution in [0.2, 0.25) is 0 Å². The summed E-state index contributed by atoms with van der Waals surface area (Å²) in [6.07, 6.45) is 4.86. The van der Waals surface area contributed by atoms with E-state index in [2.05, 4.69) is 25.0 Å². The van der Waals surface area contributed by atoms with E-state index in [4.69, 9.17) is 5.11 Å². The van der Waals surface area contributed by atoms with Gasteiger partial charge in [0.25, 0.3) is 0 Å². The van der Waals surface area contributed by atoms with Gasteiger partial charge in [-0.2, -0.15) is 0 Å². The molecule has 0 rings (SSSR count). The Morgan fingerprint density at radius 1 is 1.42 bits per heavy atom. The molecule has 0 bridgehead atoms. The van der Waals surface area contributed by atoms with Gasteiger partial charge in [-0.3, -0.25) is 0 Å². The van der Waals surface area contributed by atoms with Crippen LogP contribution >= 0.6 is 0 Å². The van der Waals surface area contributed by atoms with Crippen LogP contribution in [0.3, 0.4) is 0 Å². The standard InChI is InChI=1S/C10H12O2/c1-3-5-9(6-4-2)7-8-10(11)12/h3-4,9H,1-2,5-6H2,(H,11,12). The number of allylic oxidation sites excluding steroid dienone is 2. The van der Waals surface area contributed by atoms with Crippen molar-refractivity contribution in [3.63, 3.8) is 0 Å². The van der Waals surface area contributed by atoms with Gasteiger partial charge in [-0.25, -0.2) is 4.79 Å². The fraction of sp³-hybridized carbons (Fsp3) is 0.300. The normalized spacial score (nSPS) is 8.42. The molecular weight excluding hydrogens is 152 g/mol. The molecule has 0 aliphatic carbocycles. The predicted octanol–water partition coefficient (Wildman–Crippen LogP) is 1.84. The van der Waals surface area contributed by atoms with E-state index in [1.807, 2.05) is 0 Å². The molecule has 0 saturated carbocycles. The Balaban J connectivity index is 4.12. The number of hydrogen-bond acceptors (Lipinski definition) is 1. The summed E-state index contributed by atoms with van der Waals surface area (Å²) in [5, 5.41) is 8.27. The van der Waals surface area contributed by atoms with Crippen LogP contribution in [0.1, 0.15) is 12.8 Å². The first-order valence-corrected chi connectivity index (χ1v) is 3.67. The fourth-order valence-corrected chi connectivity index (χ4v) is 0.780. The molecule has 0 saturated heterocycles. The number of carboxylic acid groups (broad SMARTS) is 1. The van der Waals surface area contributed by atoms with Crippen LogP contribution in [0.15, 0.2) is 25.3 Å². The topological polar surface area (TPSA) is 37.3 Å². The number of aliphatic carboxylic acids is 1. The predicted molar refractivity (Wildman–Crippen MR) is 48.5 cm³/mol. The number of carboxylic acids is 1. The summed E-state index contributed by atoms with van der Waals surface area (Å²) in [4.78, 5) is 10.1. The Kier molecular flexibility index (Phi) is 5.46. The lowest BCUT2D eigenvalue weighted by Gasteiger charge is -2.01. The van der Waals surface area contributed by atoms with Crippen molar-refractivity contribution in [1.29, 1.82) is 0 Å². The van der Waals surface area contributed by atoms with Crippen LogP contribution in [-0.4, -0.2) is 11.1 Å². The van der Waals surface area contributed by atoms with Crippen molar-refractivity contribution in [2.75, 3.05) is 0 Å². The highest BCUT2D eigenvalue weighted by atomic mass is 16.4. The fourth-order valence-electron chi connectivity index (χ4n) is 0.780. The molecule has 0 unspecified atom stereocenters. The molecule has 0 amide bonds. The van der Waals surface area contributed by atoms with E-state index in [1.54, 1.807) is 12.2 Å². The van der Waals surface area contributed by atoms with E-state index in [9.17, 15) is 4.79 Å². The molecule has 12 heavy (non-hydrogen) atoms. The van der Waals surface area contributed by atoms with Gasteiger partial charge in [-0.1, -0.05) is 18.1 Å². The summed E-state index contributed by atoms with van der Waals surface area (Å²) in [5.41, 5.74) is 0. The van der Waals surface area contributed by atoms with Crippen molar-refractivity contribution >= 4 is 5.97 Å². The lowest BCUT2D eigenvalue weighted by atomic mass is 10.0. The second kappa shape index (κ2) is 6.23. The first-order valence-electron chi connectivity index (χ1n) is 3.67. The van der Waals surface area contributed by atoms with Crippen LogP contribution in [0.25, 0.3) is 0 Å². The van der Waals surface area contributed by atoms with Crippen LogP contribution in [0, 0.1) is 17.8 Å². The van der Waals surface area contributed by atoms with Crippen molar-refractivity contribution in [2.24, 2.45) is 5.92 Å². The highest BCUT2D eigenvalue weighted by molar-refractivity contribution is 5.86. The average Bonchev–Trinajstić information content (AvgIpc) is 2.01. The Bertz CT molecular complexity index is 220. The SMILES string of the molecule is C=CCC(C#CC(=O)O)CC=C. The van der Waals surface area contributed by atoms with E-state index in [-0.39, 0.29) is 5.92 Å². The molecule has 64 valence electrons. The van der Waals surface area contributed by atoms with Gasteiger partial charge in [0.1, 0.15) is 0 Å². The number of rotatable bonds is 4. The van der Waals surface area contributed by atoms with Crippen LogP contribution in [0.4, 0.5) is 0 Å². The second-order valence-corrected chi connectivity index (χ2v) is 2.32. The minimum Gasteiger partial charge on any atom is -0.472 e. The monoisotopic (exact) mass is 164 g/mol. The molecule has 0 aromatic carbocycles. The molecule has 0 aromatic heterocycles. The highest BCUT2D eigenvalue weighted by Crippen LogP contribution is 2.07. The second-order valence-electron chi connectivity index (χ2n) is 2.32. The lowest BCUT2D eigenvalue weighted by molar-refractivity contribution is -0.130. The van der Waals surface area contributed by atoms with Crippen molar-refractivity contribution in [3.05, 3.63) is 25.3 Å². The van der Waals surface area contributed by atoms with Crippen molar-refractivity contribution in [2.45, 2.75) is 12.8 Å². The zero-order valence-corrected chi connectivity index (χ0v) is 6.92. The maximum Gasteiger partial charge on any atom is 0.381 e. The number of carbonyl (C=O) groups is 1. The third kappa shape index (κ3) is 5.31. The molecule has 0 aliphatic heterocycles. The smallest absolute Gasteiger partial charge is 0.381 e. The van der Waals surface area contributed by atoms with Crippen molar-refractivity contribution in [1.82, 2.24) is 0 Å². The molecular formula is C10H12O2. The van der Waals surface area contributed by atoms with Gasteiger partial charge in [0.2, 0.25) is 0 Å². The summed E-state index contributed by atoms with van der Waals surface area (Å²) < 4.78 is 0. The maximum absolute atomic E-state index is 10.1. The Morgan fingerprint density at radius 2 is 1.92 bits per heavy atom. The summed E-state index contributed by atoms with van der Waals surface area (Å²) in [5.74, 6) is 3.66. The molecule has 0 aromatic rings. The number of hydrogen-bond donors (Lipinski definition) is 1. The van der Waals surface area contributed by atoms with Gasteiger partial charge in [-0.15, -0.1) is 13.2 Å². The molecule has 0 fully saturated rings. The average molecular weight is 164 g/mol. The molecule has 0 radical (unpaired) electrons. The van der Waals surface area contributed by atoms with Crippen molar-refractivity contribution < 1.29 is 9.90 Å². The van der Waals surface area contributed by atoms with Crippen LogP contribution in [0.5, 0.6) is 0 Å². The first-order chi connectivity index (χ1) is 5.70. The van der Waals surface area contributed by atoms with Gasteiger partial charge in [0.05, 0.1) is 0 Å². The molecule has 2 nitrogen and oxygen atoms in total. The quantitative estimate of drug-likeness (QED) is 0.508. The maximum atomic E-state index is 10.1. The van der Waals surface area contributed by atoms with E-state index in [0.29, 0.717) is 12.8 Å².